The molecule has 2 aromatic rings. The zero-order chi connectivity index (χ0) is 40.3. The van der Waals surface area contributed by atoms with Crippen LogP contribution in [0.3, 0.4) is 0 Å². The predicted molar refractivity (Wildman–Crippen MR) is 254 cm³/mol. The smallest absolute Gasteiger partial charge is 0.0848 e. The first-order valence-electron chi connectivity index (χ1n) is 24.6. The van der Waals surface area contributed by atoms with Gasteiger partial charge < -0.3 is 0 Å². The maximum atomic E-state index is 5.43. The number of hydrogen-bond acceptors (Lipinski definition) is 2. The van der Waals surface area contributed by atoms with Crippen LogP contribution >= 0.6 is 0 Å². The van der Waals surface area contributed by atoms with Gasteiger partial charge in [-0.1, -0.05) is 214 Å². The van der Waals surface area contributed by atoms with E-state index >= 15 is 0 Å². The molecule has 2 nitrogen and oxygen atoms in total. The van der Waals surface area contributed by atoms with Gasteiger partial charge in [0, 0.05) is 16.5 Å². The summed E-state index contributed by atoms with van der Waals surface area (Å²) in [7, 11) is 0. The summed E-state index contributed by atoms with van der Waals surface area (Å²) < 4.78 is 0. The Morgan fingerprint density at radius 1 is 0.386 bits per heavy atom. The molecule has 0 aliphatic carbocycles. The van der Waals surface area contributed by atoms with Crippen LogP contribution in [0.5, 0.6) is 0 Å². The molecule has 0 heterocycles. The monoisotopic (exact) mass is 825 g/mol. The Hall–Kier alpha value is -1.99. The SMILES string of the molecule is CCCCCCCCCCCCCCCCCCCCCC/C=C/C(=Nc1cc(CC)cc(CC)c1)C(CCCCCCCC)=Nc1cc(CC)cc(CC)c1.[Ni]. The molecule has 3 heteroatoms. The minimum Gasteiger partial charge on any atom is -0.251 e. The Bertz CT molecular complexity index is 1290. The van der Waals surface area contributed by atoms with Crippen molar-refractivity contribution in [2.24, 2.45) is 9.98 Å². The zero-order valence-electron chi connectivity index (χ0n) is 38.5. The number of unbranched alkanes of at least 4 members (excludes halogenated alkanes) is 25. The largest absolute Gasteiger partial charge is 0.251 e. The summed E-state index contributed by atoms with van der Waals surface area (Å²) in [5, 5.41) is 0. The molecule has 0 aliphatic rings. The maximum absolute atomic E-state index is 5.43. The first-order chi connectivity index (χ1) is 27.6. The van der Waals surface area contributed by atoms with Gasteiger partial charge in [-0.05, 0) is 104 Å². The van der Waals surface area contributed by atoms with Gasteiger partial charge in [0.15, 0.2) is 0 Å². The minimum absolute atomic E-state index is 0. The molecular weight excluding hydrogens is 735 g/mol. The van der Waals surface area contributed by atoms with Crippen molar-refractivity contribution < 1.29 is 16.5 Å². The Kier molecular flexibility index (Phi) is 34.5. The normalized spacial score (nSPS) is 12.2. The van der Waals surface area contributed by atoms with Crippen LogP contribution in [-0.2, 0) is 42.2 Å². The van der Waals surface area contributed by atoms with E-state index in [2.05, 4.69) is 90.1 Å². The molecule has 0 fully saturated rings. The number of rotatable bonds is 36. The number of hydrogen-bond donors (Lipinski definition) is 0. The molecular formula is C54H90N2Ni. The molecule has 0 aromatic heterocycles. The fraction of sp³-hybridized carbons (Fsp3) is 0.704. The predicted octanol–water partition coefficient (Wildman–Crippen LogP) is 18.3. The molecule has 0 aliphatic heterocycles. The van der Waals surface area contributed by atoms with E-state index in [-0.39, 0.29) is 16.5 Å². The van der Waals surface area contributed by atoms with Crippen LogP contribution in [0.1, 0.15) is 244 Å². The van der Waals surface area contributed by atoms with Gasteiger partial charge in [0.2, 0.25) is 0 Å². The van der Waals surface area contributed by atoms with Gasteiger partial charge in [-0.15, -0.1) is 0 Å². The fourth-order valence-corrected chi connectivity index (χ4v) is 7.95. The standard InChI is InChI=1S/C54H90N2.Ni/c1-7-13-15-17-19-20-21-22-23-24-25-26-27-28-29-30-31-32-33-34-36-38-40-54(56-52-45-49(11-5)42-50(12-6)46-52)53(39-37-35-18-16-14-8-2)55-51-43-47(9-3)41-48(10-4)44-51;/h38,40-46H,7-37,39H2,1-6H3;/b40-38+,55-53?,56-54?;. The number of benzene rings is 2. The summed E-state index contributed by atoms with van der Waals surface area (Å²) in [5.74, 6) is 0. The summed E-state index contributed by atoms with van der Waals surface area (Å²) in [4.78, 5) is 10.8. The van der Waals surface area contributed by atoms with E-state index in [4.69, 9.17) is 9.98 Å². The summed E-state index contributed by atoms with van der Waals surface area (Å²) in [6.45, 7) is 13.6. The number of nitrogens with zero attached hydrogens (tertiary/aromatic N) is 2. The third kappa shape index (κ3) is 26.7. The van der Waals surface area contributed by atoms with Gasteiger partial charge in [0.1, 0.15) is 0 Å². The van der Waals surface area contributed by atoms with E-state index in [9.17, 15) is 0 Å². The average Bonchev–Trinajstić information content (AvgIpc) is 3.22. The van der Waals surface area contributed by atoms with Crippen LogP contribution in [0.15, 0.2) is 58.5 Å². The molecule has 0 saturated heterocycles. The van der Waals surface area contributed by atoms with E-state index in [1.54, 1.807) is 0 Å². The van der Waals surface area contributed by atoms with Gasteiger partial charge in [0.05, 0.1) is 22.8 Å². The second-order valence-corrected chi connectivity index (χ2v) is 16.9. The number of allylic oxidation sites excluding steroid dienone is 2. The van der Waals surface area contributed by atoms with E-state index < -0.39 is 0 Å². The molecule has 326 valence electrons. The Morgan fingerprint density at radius 2 is 0.702 bits per heavy atom. The van der Waals surface area contributed by atoms with Gasteiger partial charge >= 0.3 is 0 Å². The van der Waals surface area contributed by atoms with E-state index in [1.807, 2.05) is 0 Å². The van der Waals surface area contributed by atoms with Crippen molar-refractivity contribution in [3.8, 4) is 0 Å². The van der Waals surface area contributed by atoms with Gasteiger partial charge in [-0.3, -0.25) is 4.99 Å². The maximum Gasteiger partial charge on any atom is 0.0848 e. The third-order valence-electron chi connectivity index (χ3n) is 11.8. The molecule has 2 rings (SSSR count). The summed E-state index contributed by atoms with van der Waals surface area (Å²) >= 11 is 0. The minimum atomic E-state index is 0. The Balaban J connectivity index is 0.0000162. The first-order valence-corrected chi connectivity index (χ1v) is 24.6. The molecule has 0 spiro atoms. The van der Waals surface area contributed by atoms with Crippen molar-refractivity contribution in [3.05, 3.63) is 70.8 Å². The molecule has 0 radical (unpaired) electrons. The van der Waals surface area contributed by atoms with Crippen LogP contribution < -0.4 is 0 Å². The van der Waals surface area contributed by atoms with Crippen molar-refractivity contribution in [1.29, 1.82) is 0 Å². The molecule has 2 aromatic carbocycles. The Labute approximate surface area is 365 Å². The van der Waals surface area contributed by atoms with E-state index in [0.29, 0.717) is 0 Å². The topological polar surface area (TPSA) is 24.7 Å². The molecule has 0 saturated carbocycles. The molecule has 57 heavy (non-hydrogen) atoms. The second kappa shape index (κ2) is 37.0. The average molecular weight is 826 g/mol. The van der Waals surface area contributed by atoms with Crippen LogP contribution in [0.25, 0.3) is 0 Å². The third-order valence-corrected chi connectivity index (χ3v) is 11.8. The molecule has 0 unspecified atom stereocenters. The summed E-state index contributed by atoms with van der Waals surface area (Å²) in [6, 6.07) is 13.9. The summed E-state index contributed by atoms with van der Waals surface area (Å²) in [5.41, 5.74) is 9.86. The van der Waals surface area contributed by atoms with Crippen molar-refractivity contribution in [2.75, 3.05) is 0 Å². The van der Waals surface area contributed by atoms with Crippen LogP contribution in [-0.4, -0.2) is 11.4 Å². The van der Waals surface area contributed by atoms with Gasteiger partial charge in [-0.25, -0.2) is 4.99 Å². The quantitative estimate of drug-likeness (QED) is 0.0371. The van der Waals surface area contributed by atoms with Gasteiger partial charge in [-0.2, -0.15) is 0 Å². The van der Waals surface area contributed by atoms with Crippen molar-refractivity contribution in [3.63, 3.8) is 0 Å². The van der Waals surface area contributed by atoms with E-state index in [1.165, 1.54) is 183 Å². The van der Waals surface area contributed by atoms with Gasteiger partial charge in [0.25, 0.3) is 0 Å². The second-order valence-electron chi connectivity index (χ2n) is 16.9. The van der Waals surface area contributed by atoms with Crippen LogP contribution in [0, 0.1) is 0 Å². The summed E-state index contributed by atoms with van der Waals surface area (Å²) in [6.07, 6.45) is 47.1. The first kappa shape index (κ1) is 53.0. The Morgan fingerprint density at radius 3 is 1.05 bits per heavy atom. The number of aryl methyl sites for hydroxylation is 4. The van der Waals surface area contributed by atoms with Crippen molar-refractivity contribution >= 4 is 22.8 Å². The van der Waals surface area contributed by atoms with Crippen LogP contribution in [0.4, 0.5) is 11.4 Å². The van der Waals surface area contributed by atoms with Crippen molar-refractivity contribution in [1.82, 2.24) is 0 Å². The molecule has 0 amide bonds. The molecule has 0 atom stereocenters. The van der Waals surface area contributed by atoms with Crippen LogP contribution in [0.2, 0.25) is 0 Å². The molecule has 0 N–H and O–H groups in total. The zero-order valence-corrected chi connectivity index (χ0v) is 39.4. The van der Waals surface area contributed by atoms with E-state index in [0.717, 1.165) is 67.7 Å². The van der Waals surface area contributed by atoms with Crippen molar-refractivity contribution in [2.45, 2.75) is 247 Å². The molecule has 0 bridgehead atoms. The number of aliphatic imine (C=N–C) groups is 2. The fourth-order valence-electron chi connectivity index (χ4n) is 7.95.